The number of pyridine rings is 1. The number of nitrogens with one attached hydrogen (secondary N) is 1. The zero-order valence-electron chi connectivity index (χ0n) is 14.0. The SMILES string of the molecule is CC(C)(C)[C@H](N)C(=O)Nc1ccc(OCc2ccccn2)c(F)c1. The van der Waals surface area contributed by atoms with Gasteiger partial charge in [0, 0.05) is 18.0 Å². The largest absolute Gasteiger partial charge is 0.484 e. The van der Waals surface area contributed by atoms with E-state index < -0.39 is 11.9 Å². The van der Waals surface area contributed by atoms with Gasteiger partial charge in [0.15, 0.2) is 11.6 Å². The minimum Gasteiger partial charge on any atom is -0.484 e. The molecule has 5 nitrogen and oxygen atoms in total. The average Bonchev–Trinajstić information content (AvgIpc) is 2.53. The molecule has 0 aliphatic rings. The molecule has 2 rings (SSSR count). The van der Waals surface area contributed by atoms with E-state index in [0.29, 0.717) is 11.4 Å². The lowest BCUT2D eigenvalue weighted by Crippen LogP contribution is -2.45. The molecule has 0 saturated heterocycles. The number of aromatic nitrogens is 1. The standard InChI is InChI=1S/C18H22FN3O2/c1-18(2,3)16(20)17(23)22-12-7-8-15(14(19)10-12)24-11-13-6-4-5-9-21-13/h4-10,16H,11,20H2,1-3H3,(H,22,23)/t16-/m1/s1. The third-order valence-electron chi connectivity index (χ3n) is 3.52. The quantitative estimate of drug-likeness (QED) is 0.882. The molecule has 0 unspecified atom stereocenters. The summed E-state index contributed by atoms with van der Waals surface area (Å²) in [6.07, 6.45) is 1.64. The molecule has 24 heavy (non-hydrogen) atoms. The lowest BCUT2D eigenvalue weighted by molar-refractivity contribution is -0.119. The lowest BCUT2D eigenvalue weighted by atomic mass is 9.87. The number of hydrogen-bond acceptors (Lipinski definition) is 4. The van der Waals surface area contributed by atoms with Crippen LogP contribution in [0, 0.1) is 11.2 Å². The number of amides is 1. The monoisotopic (exact) mass is 331 g/mol. The van der Waals surface area contributed by atoms with Crippen LogP contribution in [0.5, 0.6) is 5.75 Å². The summed E-state index contributed by atoms with van der Waals surface area (Å²) < 4.78 is 19.5. The maximum Gasteiger partial charge on any atom is 0.241 e. The summed E-state index contributed by atoms with van der Waals surface area (Å²) in [7, 11) is 0. The fraction of sp³-hybridized carbons (Fsp3) is 0.333. The second-order valence-electron chi connectivity index (χ2n) is 6.59. The number of nitrogens with zero attached hydrogens (tertiary/aromatic N) is 1. The van der Waals surface area contributed by atoms with Gasteiger partial charge in [0.2, 0.25) is 5.91 Å². The Balaban J connectivity index is 2.00. The fourth-order valence-electron chi connectivity index (χ4n) is 1.94. The van der Waals surface area contributed by atoms with E-state index in [-0.39, 0.29) is 23.7 Å². The fourth-order valence-corrected chi connectivity index (χ4v) is 1.94. The number of anilines is 1. The predicted molar refractivity (Wildman–Crippen MR) is 91.0 cm³/mol. The maximum atomic E-state index is 14.1. The summed E-state index contributed by atoms with van der Waals surface area (Å²) in [5, 5.41) is 2.62. The Morgan fingerprint density at radius 1 is 1.33 bits per heavy atom. The summed E-state index contributed by atoms with van der Waals surface area (Å²) in [4.78, 5) is 16.2. The second kappa shape index (κ2) is 7.40. The van der Waals surface area contributed by atoms with E-state index in [9.17, 15) is 9.18 Å². The Hall–Kier alpha value is -2.47. The van der Waals surface area contributed by atoms with Crippen LogP contribution in [0.15, 0.2) is 42.6 Å². The van der Waals surface area contributed by atoms with Gasteiger partial charge in [0.25, 0.3) is 0 Å². The molecular weight excluding hydrogens is 309 g/mol. The average molecular weight is 331 g/mol. The zero-order chi connectivity index (χ0) is 17.7. The molecule has 1 amide bonds. The first-order valence-corrected chi connectivity index (χ1v) is 7.66. The van der Waals surface area contributed by atoms with Gasteiger partial charge in [-0.05, 0) is 29.7 Å². The van der Waals surface area contributed by atoms with Crippen molar-refractivity contribution in [3.8, 4) is 5.75 Å². The van der Waals surface area contributed by atoms with Crippen LogP contribution in [-0.4, -0.2) is 16.9 Å². The highest BCUT2D eigenvalue weighted by atomic mass is 19.1. The van der Waals surface area contributed by atoms with Gasteiger partial charge < -0.3 is 15.8 Å². The number of ether oxygens (including phenoxy) is 1. The third-order valence-corrected chi connectivity index (χ3v) is 3.52. The molecule has 128 valence electrons. The molecule has 3 N–H and O–H groups in total. The van der Waals surface area contributed by atoms with E-state index in [0.717, 1.165) is 0 Å². The lowest BCUT2D eigenvalue weighted by Gasteiger charge is -2.25. The van der Waals surface area contributed by atoms with Gasteiger partial charge in [-0.1, -0.05) is 26.8 Å². The molecule has 0 saturated carbocycles. The topological polar surface area (TPSA) is 77.2 Å². The molecule has 0 fully saturated rings. The van der Waals surface area contributed by atoms with E-state index in [1.807, 2.05) is 26.8 Å². The van der Waals surface area contributed by atoms with Crippen molar-refractivity contribution < 1.29 is 13.9 Å². The Bertz CT molecular complexity index is 699. The first-order valence-electron chi connectivity index (χ1n) is 7.66. The van der Waals surface area contributed by atoms with Crippen molar-refractivity contribution in [3.63, 3.8) is 0 Å². The van der Waals surface area contributed by atoms with Crippen LogP contribution in [0.3, 0.4) is 0 Å². The van der Waals surface area contributed by atoms with Crippen LogP contribution < -0.4 is 15.8 Å². The van der Waals surface area contributed by atoms with Crippen LogP contribution in [0.4, 0.5) is 10.1 Å². The van der Waals surface area contributed by atoms with Crippen LogP contribution in [0.2, 0.25) is 0 Å². The normalized spacial score (nSPS) is 12.5. The van der Waals surface area contributed by atoms with E-state index in [1.165, 1.54) is 12.1 Å². The molecule has 0 aliphatic heterocycles. The van der Waals surface area contributed by atoms with E-state index in [4.69, 9.17) is 10.5 Å². The van der Waals surface area contributed by atoms with Crippen LogP contribution >= 0.6 is 0 Å². The predicted octanol–water partition coefficient (Wildman–Crippen LogP) is 3.11. The molecule has 2 aromatic rings. The molecule has 0 aliphatic carbocycles. The van der Waals surface area contributed by atoms with Crippen LogP contribution in [0.1, 0.15) is 26.5 Å². The summed E-state index contributed by atoms with van der Waals surface area (Å²) >= 11 is 0. The molecule has 0 spiro atoms. The number of hydrogen-bond donors (Lipinski definition) is 2. The Morgan fingerprint density at radius 2 is 2.08 bits per heavy atom. The number of halogens is 1. The van der Waals surface area contributed by atoms with Gasteiger partial charge in [-0.3, -0.25) is 9.78 Å². The van der Waals surface area contributed by atoms with Gasteiger partial charge in [-0.25, -0.2) is 4.39 Å². The highest BCUT2D eigenvalue weighted by Gasteiger charge is 2.27. The van der Waals surface area contributed by atoms with Crippen molar-refractivity contribution in [1.82, 2.24) is 4.98 Å². The highest BCUT2D eigenvalue weighted by Crippen LogP contribution is 2.23. The first kappa shape index (κ1) is 17.9. The molecule has 6 heteroatoms. The Kier molecular flexibility index (Phi) is 5.51. The molecule has 0 bridgehead atoms. The number of rotatable bonds is 5. The van der Waals surface area contributed by atoms with Crippen LogP contribution in [0.25, 0.3) is 0 Å². The van der Waals surface area contributed by atoms with Crippen molar-refractivity contribution in [3.05, 3.63) is 54.1 Å². The number of nitrogens with two attached hydrogens (primary N) is 1. The third kappa shape index (κ3) is 4.76. The maximum absolute atomic E-state index is 14.1. The minimum absolute atomic E-state index is 0.0961. The zero-order valence-corrected chi connectivity index (χ0v) is 14.0. The Labute approximate surface area is 141 Å². The highest BCUT2D eigenvalue weighted by molar-refractivity contribution is 5.95. The molecule has 1 aromatic carbocycles. The van der Waals surface area contributed by atoms with Crippen molar-refractivity contribution in [2.75, 3.05) is 5.32 Å². The summed E-state index contributed by atoms with van der Waals surface area (Å²) in [6, 6.07) is 8.98. The molecule has 1 heterocycles. The molecule has 1 atom stereocenters. The smallest absolute Gasteiger partial charge is 0.241 e. The van der Waals surface area contributed by atoms with Gasteiger partial charge >= 0.3 is 0 Å². The summed E-state index contributed by atoms with van der Waals surface area (Å²) in [5.41, 5.74) is 6.54. The van der Waals surface area contributed by atoms with Gasteiger partial charge in [-0.15, -0.1) is 0 Å². The van der Waals surface area contributed by atoms with E-state index >= 15 is 0 Å². The van der Waals surface area contributed by atoms with Crippen molar-refractivity contribution in [1.29, 1.82) is 0 Å². The summed E-state index contributed by atoms with van der Waals surface area (Å²) in [6.45, 7) is 5.77. The van der Waals surface area contributed by atoms with E-state index in [2.05, 4.69) is 10.3 Å². The van der Waals surface area contributed by atoms with Gasteiger partial charge in [-0.2, -0.15) is 0 Å². The molecular formula is C18H22FN3O2. The molecule has 1 aromatic heterocycles. The van der Waals surface area contributed by atoms with Crippen molar-refractivity contribution in [2.45, 2.75) is 33.4 Å². The van der Waals surface area contributed by atoms with Crippen LogP contribution in [-0.2, 0) is 11.4 Å². The first-order chi connectivity index (χ1) is 11.3. The summed E-state index contributed by atoms with van der Waals surface area (Å²) in [5.74, 6) is -0.823. The van der Waals surface area contributed by atoms with Crippen molar-refractivity contribution >= 4 is 11.6 Å². The number of carbonyl (C=O) groups is 1. The van der Waals surface area contributed by atoms with Gasteiger partial charge in [0.1, 0.15) is 6.61 Å². The second-order valence-corrected chi connectivity index (χ2v) is 6.59. The molecule has 0 radical (unpaired) electrons. The van der Waals surface area contributed by atoms with Gasteiger partial charge in [0.05, 0.1) is 11.7 Å². The number of benzene rings is 1. The Morgan fingerprint density at radius 3 is 2.67 bits per heavy atom. The van der Waals surface area contributed by atoms with Crippen molar-refractivity contribution in [2.24, 2.45) is 11.1 Å². The van der Waals surface area contributed by atoms with E-state index in [1.54, 1.807) is 24.4 Å². The number of carbonyl (C=O) groups excluding carboxylic acids is 1. The minimum atomic E-state index is -0.694.